The van der Waals surface area contributed by atoms with Crippen molar-refractivity contribution in [1.82, 2.24) is 5.32 Å². The fourth-order valence-electron chi connectivity index (χ4n) is 0.725. The van der Waals surface area contributed by atoms with E-state index in [9.17, 15) is 4.79 Å². The van der Waals surface area contributed by atoms with Gasteiger partial charge in [0.1, 0.15) is 12.3 Å². The summed E-state index contributed by atoms with van der Waals surface area (Å²) >= 11 is 0. The van der Waals surface area contributed by atoms with Gasteiger partial charge in [-0.15, -0.1) is 0 Å². The smallest absolute Gasteiger partial charge is 0.313 e. The lowest BCUT2D eigenvalue weighted by Gasteiger charge is -2.01. The number of ether oxygens (including phenoxy) is 1. The molecule has 0 aromatic heterocycles. The van der Waals surface area contributed by atoms with Gasteiger partial charge in [-0.1, -0.05) is 0 Å². The third kappa shape index (κ3) is 2.57. The Hall–Kier alpha value is -1.58. The highest BCUT2D eigenvalue weighted by Crippen LogP contribution is 1.92. The standard InChI is InChI=1S/C8H10N2O2/c1-12-8(11)6-7-9-4-2-3-5-10-7/h2-5H,6H2,1H3,(H,9,10). The molecule has 0 saturated carbocycles. The summed E-state index contributed by atoms with van der Waals surface area (Å²) in [4.78, 5) is 14.8. The van der Waals surface area contributed by atoms with Gasteiger partial charge in [-0.05, 0) is 12.2 Å². The van der Waals surface area contributed by atoms with Gasteiger partial charge in [-0.2, -0.15) is 0 Å². The number of hydrogen-bond donors (Lipinski definition) is 1. The highest BCUT2D eigenvalue weighted by molar-refractivity contribution is 5.98. The molecular formula is C8H10N2O2. The molecule has 0 atom stereocenters. The first-order valence-corrected chi connectivity index (χ1v) is 3.54. The van der Waals surface area contributed by atoms with E-state index in [0.29, 0.717) is 5.84 Å². The van der Waals surface area contributed by atoms with Crippen LogP contribution < -0.4 is 5.32 Å². The highest BCUT2D eigenvalue weighted by Gasteiger charge is 2.05. The summed E-state index contributed by atoms with van der Waals surface area (Å²) in [5.74, 6) is 0.289. The first-order valence-electron chi connectivity index (χ1n) is 3.54. The number of hydrogen-bond acceptors (Lipinski definition) is 4. The number of methoxy groups -OCH3 is 1. The third-order valence-electron chi connectivity index (χ3n) is 1.31. The minimum absolute atomic E-state index is 0.172. The van der Waals surface area contributed by atoms with E-state index < -0.39 is 0 Å². The fraction of sp³-hybridized carbons (Fsp3) is 0.250. The molecule has 0 unspecified atom stereocenters. The molecule has 0 aromatic rings. The molecule has 0 fully saturated rings. The summed E-state index contributed by atoms with van der Waals surface area (Å²) in [6.45, 7) is 0. The number of carbonyl (C=O) groups excluding carboxylic acids is 1. The van der Waals surface area contributed by atoms with E-state index in [0.717, 1.165) is 0 Å². The van der Waals surface area contributed by atoms with Gasteiger partial charge in [-0.3, -0.25) is 4.79 Å². The lowest BCUT2D eigenvalue weighted by molar-refractivity contribution is -0.139. The monoisotopic (exact) mass is 166 g/mol. The molecule has 1 N–H and O–H groups in total. The summed E-state index contributed by atoms with van der Waals surface area (Å²) in [5.41, 5.74) is 0. The minimum Gasteiger partial charge on any atom is -0.469 e. The average Bonchev–Trinajstić information content (AvgIpc) is 2.33. The average molecular weight is 166 g/mol. The molecule has 1 aliphatic rings. The van der Waals surface area contributed by atoms with Crippen molar-refractivity contribution in [2.45, 2.75) is 6.42 Å². The predicted molar refractivity (Wildman–Crippen MR) is 45.5 cm³/mol. The largest absolute Gasteiger partial charge is 0.469 e. The van der Waals surface area contributed by atoms with Gasteiger partial charge in [0.15, 0.2) is 0 Å². The zero-order valence-corrected chi connectivity index (χ0v) is 6.78. The maximum atomic E-state index is 10.8. The number of carbonyl (C=O) groups is 1. The second-order valence-corrected chi connectivity index (χ2v) is 2.17. The lowest BCUT2D eigenvalue weighted by atomic mass is 10.4. The number of amidine groups is 1. The van der Waals surface area contributed by atoms with Crippen LogP contribution in [0.5, 0.6) is 0 Å². The van der Waals surface area contributed by atoms with Gasteiger partial charge in [0.2, 0.25) is 0 Å². The molecule has 1 rings (SSSR count). The van der Waals surface area contributed by atoms with E-state index in [1.54, 1.807) is 24.6 Å². The van der Waals surface area contributed by atoms with Crippen LogP contribution in [-0.4, -0.2) is 18.9 Å². The van der Waals surface area contributed by atoms with Gasteiger partial charge < -0.3 is 10.1 Å². The normalized spacial score (nSPS) is 14.6. The third-order valence-corrected chi connectivity index (χ3v) is 1.31. The molecule has 1 aliphatic heterocycles. The number of rotatable bonds is 2. The zero-order valence-electron chi connectivity index (χ0n) is 6.78. The Morgan fingerprint density at radius 2 is 2.50 bits per heavy atom. The summed E-state index contributed by atoms with van der Waals surface area (Å²) in [6.07, 6.45) is 7.08. The predicted octanol–water partition coefficient (Wildman–Crippen LogP) is 0.579. The Morgan fingerprint density at radius 1 is 1.67 bits per heavy atom. The second kappa shape index (κ2) is 4.33. The molecule has 0 aromatic carbocycles. The number of esters is 1. The van der Waals surface area contributed by atoms with E-state index in [1.165, 1.54) is 7.11 Å². The number of allylic oxidation sites excluding steroid dienone is 2. The van der Waals surface area contributed by atoms with Crippen LogP contribution in [0.4, 0.5) is 0 Å². The number of aliphatic imine (C=N–C) groups is 1. The van der Waals surface area contributed by atoms with E-state index in [1.807, 2.05) is 0 Å². The van der Waals surface area contributed by atoms with Crippen LogP contribution >= 0.6 is 0 Å². The van der Waals surface area contributed by atoms with Crippen molar-refractivity contribution < 1.29 is 9.53 Å². The van der Waals surface area contributed by atoms with Crippen molar-refractivity contribution in [2.24, 2.45) is 4.99 Å². The topological polar surface area (TPSA) is 50.7 Å². The zero-order chi connectivity index (χ0) is 8.81. The molecule has 1 heterocycles. The van der Waals surface area contributed by atoms with Crippen LogP contribution in [0.15, 0.2) is 29.5 Å². The van der Waals surface area contributed by atoms with Gasteiger partial charge in [0.25, 0.3) is 0 Å². The molecule has 0 spiro atoms. The van der Waals surface area contributed by atoms with Crippen LogP contribution in [-0.2, 0) is 9.53 Å². The summed E-state index contributed by atoms with van der Waals surface area (Å²) < 4.78 is 4.49. The summed E-state index contributed by atoms with van der Waals surface area (Å²) in [7, 11) is 1.35. The molecule has 0 radical (unpaired) electrons. The van der Waals surface area contributed by atoms with Crippen molar-refractivity contribution in [2.75, 3.05) is 7.11 Å². The molecule has 0 saturated heterocycles. The number of nitrogens with zero attached hydrogens (tertiary/aromatic N) is 1. The Morgan fingerprint density at radius 3 is 3.25 bits per heavy atom. The highest BCUT2D eigenvalue weighted by atomic mass is 16.5. The molecule has 64 valence electrons. The van der Waals surface area contributed by atoms with Crippen molar-refractivity contribution in [3.63, 3.8) is 0 Å². The maximum Gasteiger partial charge on any atom is 0.313 e. The Kier molecular flexibility index (Phi) is 3.07. The van der Waals surface area contributed by atoms with E-state index in [-0.39, 0.29) is 12.4 Å². The number of nitrogens with one attached hydrogen (secondary N) is 1. The van der Waals surface area contributed by atoms with Gasteiger partial charge >= 0.3 is 5.97 Å². The summed E-state index contributed by atoms with van der Waals surface area (Å²) in [5, 5.41) is 2.85. The minimum atomic E-state index is -0.301. The molecule has 0 aliphatic carbocycles. The molecular weight excluding hydrogens is 156 g/mol. The maximum absolute atomic E-state index is 10.8. The van der Waals surface area contributed by atoms with Crippen LogP contribution in [0.1, 0.15) is 6.42 Å². The van der Waals surface area contributed by atoms with Crippen LogP contribution in [0.2, 0.25) is 0 Å². The lowest BCUT2D eigenvalue weighted by Crippen LogP contribution is -2.21. The fourth-order valence-corrected chi connectivity index (χ4v) is 0.725. The van der Waals surface area contributed by atoms with Crippen LogP contribution in [0.25, 0.3) is 0 Å². The van der Waals surface area contributed by atoms with Crippen LogP contribution in [0.3, 0.4) is 0 Å². The van der Waals surface area contributed by atoms with E-state index in [4.69, 9.17) is 0 Å². The van der Waals surface area contributed by atoms with Gasteiger partial charge in [-0.25, -0.2) is 4.99 Å². The van der Waals surface area contributed by atoms with Crippen molar-refractivity contribution in [3.05, 3.63) is 24.6 Å². The second-order valence-electron chi connectivity index (χ2n) is 2.17. The van der Waals surface area contributed by atoms with Crippen molar-refractivity contribution in [1.29, 1.82) is 0 Å². The Labute approximate surface area is 70.6 Å². The quantitative estimate of drug-likeness (QED) is 0.610. The van der Waals surface area contributed by atoms with Crippen LogP contribution in [0, 0.1) is 0 Å². The Balaban J connectivity index is 2.52. The molecule has 12 heavy (non-hydrogen) atoms. The first-order chi connectivity index (χ1) is 5.83. The van der Waals surface area contributed by atoms with E-state index >= 15 is 0 Å². The van der Waals surface area contributed by atoms with Crippen molar-refractivity contribution >= 4 is 11.8 Å². The molecule has 4 nitrogen and oxygen atoms in total. The Bertz CT molecular complexity index is 254. The first kappa shape index (κ1) is 8.52. The molecule has 0 amide bonds. The van der Waals surface area contributed by atoms with Crippen molar-refractivity contribution in [3.8, 4) is 0 Å². The summed E-state index contributed by atoms with van der Waals surface area (Å²) in [6, 6.07) is 0. The van der Waals surface area contributed by atoms with E-state index in [2.05, 4.69) is 15.0 Å². The van der Waals surface area contributed by atoms with Gasteiger partial charge in [0.05, 0.1) is 7.11 Å². The van der Waals surface area contributed by atoms with Gasteiger partial charge in [0, 0.05) is 12.4 Å². The molecule has 4 heteroatoms. The molecule has 0 bridgehead atoms. The SMILES string of the molecule is COC(=O)CC1=NC=CC=CN1.